The summed E-state index contributed by atoms with van der Waals surface area (Å²) < 4.78 is 27.8. The van der Waals surface area contributed by atoms with Crippen molar-refractivity contribution in [1.82, 2.24) is 0 Å². The van der Waals surface area contributed by atoms with Gasteiger partial charge in [-0.2, -0.15) is 0 Å². The monoisotopic (exact) mass is 303 g/mol. The van der Waals surface area contributed by atoms with Gasteiger partial charge in [-0.1, -0.05) is 28.8 Å². The molecule has 0 aliphatic carbocycles. The number of hydrogen-bond donors (Lipinski definition) is 0. The summed E-state index contributed by atoms with van der Waals surface area (Å²) in [4.78, 5) is 1.84. The van der Waals surface area contributed by atoms with E-state index in [-0.39, 0.29) is 5.69 Å². The molecule has 2 rings (SSSR count). The Balaban J connectivity index is 2.30. The number of hydrogen-bond acceptors (Lipinski definition) is 1. The average Bonchev–Trinajstić information content (AvgIpc) is 2.57. The highest BCUT2D eigenvalue weighted by atomic mass is 79.9. The van der Waals surface area contributed by atoms with Crippen molar-refractivity contribution in [3.63, 3.8) is 0 Å². The Morgan fingerprint density at radius 2 is 1.53 bits per heavy atom. The Kier molecular flexibility index (Phi) is 4.37. The summed E-state index contributed by atoms with van der Waals surface area (Å²) in [6.07, 6.45) is 4.33. The number of nitrogens with zero attached hydrogens (tertiary/aromatic N) is 1. The molecular weight excluding hydrogens is 288 g/mol. The van der Waals surface area contributed by atoms with Gasteiger partial charge in [0.15, 0.2) is 0 Å². The minimum absolute atomic E-state index is 0.150. The molecule has 0 N–H and O–H groups in total. The van der Waals surface area contributed by atoms with Crippen molar-refractivity contribution in [3.05, 3.63) is 29.3 Å². The third-order valence-electron chi connectivity index (χ3n) is 3.15. The van der Waals surface area contributed by atoms with Gasteiger partial charge in [-0.15, -0.1) is 0 Å². The molecule has 1 saturated heterocycles. The molecule has 0 spiro atoms. The van der Waals surface area contributed by atoms with Gasteiger partial charge in [-0.3, -0.25) is 0 Å². The Bertz CT molecular complexity index is 364. The van der Waals surface area contributed by atoms with Gasteiger partial charge in [-0.05, 0) is 30.5 Å². The van der Waals surface area contributed by atoms with E-state index in [0.29, 0.717) is 10.9 Å². The molecule has 0 saturated carbocycles. The van der Waals surface area contributed by atoms with E-state index in [1.807, 2.05) is 4.90 Å². The molecule has 1 nitrogen and oxygen atoms in total. The second-order valence-corrected chi connectivity index (χ2v) is 5.00. The highest BCUT2D eigenvalue weighted by molar-refractivity contribution is 9.08. The van der Waals surface area contributed by atoms with E-state index in [9.17, 15) is 8.78 Å². The fourth-order valence-electron chi connectivity index (χ4n) is 2.29. The predicted octanol–water partition coefficient (Wildman–Crippen LogP) is 4.24. The van der Waals surface area contributed by atoms with Crippen molar-refractivity contribution in [2.75, 3.05) is 18.0 Å². The van der Waals surface area contributed by atoms with Crippen LogP contribution < -0.4 is 4.90 Å². The van der Waals surface area contributed by atoms with E-state index in [1.165, 1.54) is 12.1 Å². The minimum Gasteiger partial charge on any atom is -0.367 e. The number of alkyl halides is 1. The first-order chi connectivity index (χ1) is 8.22. The summed E-state index contributed by atoms with van der Waals surface area (Å²) in [5.41, 5.74) is 0.787. The predicted molar refractivity (Wildman–Crippen MR) is 69.7 cm³/mol. The molecule has 1 aromatic carbocycles. The zero-order chi connectivity index (χ0) is 12.3. The highest BCUT2D eigenvalue weighted by Gasteiger charge is 2.18. The van der Waals surface area contributed by atoms with Crippen LogP contribution in [-0.2, 0) is 5.33 Å². The number of halogens is 3. The normalized spacial score (nSPS) is 17.0. The summed E-state index contributed by atoms with van der Waals surface area (Å²) in [5.74, 6) is -0.886. The Morgan fingerprint density at radius 3 is 2.00 bits per heavy atom. The molecule has 1 aliphatic rings. The lowest BCUT2D eigenvalue weighted by atomic mass is 10.2. The van der Waals surface area contributed by atoms with Gasteiger partial charge < -0.3 is 4.90 Å². The summed E-state index contributed by atoms with van der Waals surface area (Å²) in [7, 11) is 0. The molecule has 1 aromatic rings. The number of rotatable bonds is 2. The Hall–Kier alpha value is -0.640. The lowest BCUT2D eigenvalue weighted by Gasteiger charge is -2.24. The zero-order valence-corrected chi connectivity index (χ0v) is 11.3. The Labute approximate surface area is 109 Å². The summed E-state index contributed by atoms with van der Waals surface area (Å²) >= 11 is 3.21. The van der Waals surface area contributed by atoms with Crippen molar-refractivity contribution in [2.45, 2.75) is 31.0 Å². The fraction of sp³-hybridized carbons (Fsp3) is 0.538. The van der Waals surface area contributed by atoms with Crippen LogP contribution in [0.4, 0.5) is 14.5 Å². The van der Waals surface area contributed by atoms with Crippen LogP contribution in [0.5, 0.6) is 0 Å². The van der Waals surface area contributed by atoms with Gasteiger partial charge in [0.2, 0.25) is 0 Å². The van der Waals surface area contributed by atoms with Crippen LogP contribution in [0.25, 0.3) is 0 Å². The first kappa shape index (κ1) is 12.8. The fourth-order valence-corrected chi connectivity index (χ4v) is 2.62. The molecule has 0 atom stereocenters. The molecule has 1 fully saturated rings. The molecular formula is C13H16BrF2N. The second-order valence-electron chi connectivity index (χ2n) is 4.44. The molecule has 94 valence electrons. The van der Waals surface area contributed by atoms with Crippen LogP contribution in [0.1, 0.15) is 31.2 Å². The molecule has 0 aromatic heterocycles. The van der Waals surface area contributed by atoms with Gasteiger partial charge >= 0.3 is 0 Å². The quantitative estimate of drug-likeness (QED) is 0.739. The topological polar surface area (TPSA) is 3.24 Å². The van der Waals surface area contributed by atoms with Crippen LogP contribution in [0.2, 0.25) is 0 Å². The maximum absolute atomic E-state index is 13.9. The van der Waals surface area contributed by atoms with Gasteiger partial charge in [-0.25, -0.2) is 8.78 Å². The molecule has 1 heterocycles. The van der Waals surface area contributed by atoms with Crippen molar-refractivity contribution in [1.29, 1.82) is 0 Å². The van der Waals surface area contributed by atoms with Gasteiger partial charge in [0.05, 0.1) is 0 Å². The number of benzene rings is 1. The van der Waals surface area contributed by atoms with Crippen LogP contribution in [-0.4, -0.2) is 13.1 Å². The van der Waals surface area contributed by atoms with E-state index in [0.717, 1.165) is 38.8 Å². The largest absolute Gasteiger partial charge is 0.367 e. The molecule has 0 amide bonds. The van der Waals surface area contributed by atoms with Gasteiger partial charge in [0, 0.05) is 18.4 Å². The molecule has 0 radical (unpaired) electrons. The smallest absolute Gasteiger partial charge is 0.149 e. The van der Waals surface area contributed by atoms with Gasteiger partial charge in [0.25, 0.3) is 0 Å². The minimum atomic E-state index is -0.443. The van der Waals surface area contributed by atoms with Crippen molar-refractivity contribution in [3.8, 4) is 0 Å². The van der Waals surface area contributed by atoms with Crippen molar-refractivity contribution in [2.24, 2.45) is 0 Å². The van der Waals surface area contributed by atoms with E-state index < -0.39 is 11.6 Å². The molecule has 0 bridgehead atoms. The summed E-state index contributed by atoms with van der Waals surface area (Å²) in [6, 6.07) is 2.83. The first-order valence-electron chi connectivity index (χ1n) is 6.01. The standard InChI is InChI=1S/C13H16BrF2N/c14-9-10-7-11(15)13(12(16)8-10)17-5-3-1-2-4-6-17/h7-8H,1-6,9H2. The molecule has 1 aliphatic heterocycles. The first-order valence-corrected chi connectivity index (χ1v) is 7.13. The van der Waals surface area contributed by atoms with Crippen molar-refractivity contribution < 1.29 is 8.78 Å². The second kappa shape index (κ2) is 5.80. The molecule has 4 heteroatoms. The van der Waals surface area contributed by atoms with E-state index in [1.54, 1.807) is 0 Å². The Morgan fingerprint density at radius 1 is 1.00 bits per heavy atom. The third-order valence-corrected chi connectivity index (χ3v) is 3.80. The van der Waals surface area contributed by atoms with E-state index in [4.69, 9.17) is 0 Å². The summed E-state index contributed by atoms with van der Waals surface area (Å²) in [5, 5.41) is 0.473. The average molecular weight is 304 g/mol. The van der Waals surface area contributed by atoms with E-state index in [2.05, 4.69) is 15.9 Å². The van der Waals surface area contributed by atoms with Crippen LogP contribution in [0.15, 0.2) is 12.1 Å². The SMILES string of the molecule is Fc1cc(CBr)cc(F)c1N1CCCCCC1. The lowest BCUT2D eigenvalue weighted by molar-refractivity contribution is 0.568. The van der Waals surface area contributed by atoms with Crippen LogP contribution in [0, 0.1) is 11.6 Å². The van der Waals surface area contributed by atoms with Crippen LogP contribution >= 0.6 is 15.9 Å². The maximum atomic E-state index is 13.9. The molecule has 17 heavy (non-hydrogen) atoms. The van der Waals surface area contributed by atoms with Crippen molar-refractivity contribution >= 4 is 21.6 Å². The number of anilines is 1. The lowest BCUT2D eigenvalue weighted by Crippen LogP contribution is -2.26. The van der Waals surface area contributed by atoms with Gasteiger partial charge in [0.1, 0.15) is 17.3 Å². The maximum Gasteiger partial charge on any atom is 0.149 e. The van der Waals surface area contributed by atoms with E-state index >= 15 is 0 Å². The molecule has 0 unspecified atom stereocenters. The highest BCUT2D eigenvalue weighted by Crippen LogP contribution is 2.27. The van der Waals surface area contributed by atoms with Crippen LogP contribution in [0.3, 0.4) is 0 Å². The zero-order valence-electron chi connectivity index (χ0n) is 9.69. The third kappa shape index (κ3) is 2.97. The summed E-state index contributed by atoms with van der Waals surface area (Å²) in [6.45, 7) is 1.50.